The Bertz CT molecular complexity index is 1060. The maximum atomic E-state index is 12.7. The van der Waals surface area contributed by atoms with Gasteiger partial charge in [0.1, 0.15) is 5.75 Å². The third-order valence-electron chi connectivity index (χ3n) is 6.02. The SMILES string of the molecule is CC(C(=O)Nc1ccc(C#N)cc1)C1CCC(Oc2ccnc3ccccc23)CC1. The number of hydrogen-bond donors (Lipinski definition) is 1. The summed E-state index contributed by atoms with van der Waals surface area (Å²) in [5, 5.41) is 12.9. The lowest BCUT2D eigenvalue weighted by atomic mass is 9.79. The van der Waals surface area contributed by atoms with Crippen LogP contribution in [0.15, 0.2) is 60.8 Å². The summed E-state index contributed by atoms with van der Waals surface area (Å²) in [6.07, 6.45) is 5.77. The molecule has 0 spiro atoms. The van der Waals surface area contributed by atoms with Gasteiger partial charge in [-0.1, -0.05) is 19.1 Å². The molecule has 1 saturated carbocycles. The number of fused-ring (bicyclic) bond motifs is 1. The molecule has 1 aliphatic rings. The predicted octanol–water partition coefficient (Wildman–Crippen LogP) is 5.32. The Morgan fingerprint density at radius 1 is 1.10 bits per heavy atom. The highest BCUT2D eigenvalue weighted by molar-refractivity contribution is 5.92. The van der Waals surface area contributed by atoms with Gasteiger partial charge in [0, 0.05) is 23.2 Å². The fourth-order valence-corrected chi connectivity index (χ4v) is 4.16. The number of pyridine rings is 1. The van der Waals surface area contributed by atoms with E-state index in [0.29, 0.717) is 11.5 Å². The molecule has 152 valence electrons. The molecular weight excluding hydrogens is 374 g/mol. The van der Waals surface area contributed by atoms with E-state index in [2.05, 4.69) is 16.4 Å². The van der Waals surface area contributed by atoms with Gasteiger partial charge in [0.2, 0.25) is 5.91 Å². The Hall–Kier alpha value is -3.39. The minimum Gasteiger partial charge on any atom is -0.490 e. The molecular formula is C25H25N3O2. The van der Waals surface area contributed by atoms with Crippen LogP contribution in [0.2, 0.25) is 0 Å². The molecule has 1 amide bonds. The van der Waals surface area contributed by atoms with E-state index in [1.165, 1.54) is 0 Å². The number of carbonyl (C=O) groups excluding carboxylic acids is 1. The smallest absolute Gasteiger partial charge is 0.227 e. The number of nitriles is 1. The van der Waals surface area contributed by atoms with Crippen LogP contribution in [0.4, 0.5) is 5.69 Å². The van der Waals surface area contributed by atoms with Gasteiger partial charge in [-0.25, -0.2) is 0 Å². The number of amides is 1. The van der Waals surface area contributed by atoms with Crippen molar-refractivity contribution in [3.63, 3.8) is 0 Å². The zero-order chi connectivity index (χ0) is 20.9. The van der Waals surface area contributed by atoms with Crippen molar-refractivity contribution in [2.75, 3.05) is 5.32 Å². The first-order valence-corrected chi connectivity index (χ1v) is 10.5. The summed E-state index contributed by atoms with van der Waals surface area (Å²) in [5.74, 6) is 1.20. The van der Waals surface area contributed by atoms with Crippen molar-refractivity contribution in [1.82, 2.24) is 4.98 Å². The van der Waals surface area contributed by atoms with Crippen LogP contribution in [0.1, 0.15) is 38.2 Å². The van der Waals surface area contributed by atoms with Crippen molar-refractivity contribution in [2.24, 2.45) is 11.8 Å². The molecule has 1 unspecified atom stereocenters. The fraction of sp³-hybridized carbons (Fsp3) is 0.320. The van der Waals surface area contributed by atoms with Gasteiger partial charge in [0.25, 0.3) is 0 Å². The standard InChI is InChI=1S/C25H25N3O2/c1-17(25(29)28-20-10-6-18(16-26)7-11-20)19-8-12-21(13-9-19)30-24-14-15-27-23-5-3-2-4-22(23)24/h2-7,10-11,14-15,17,19,21H,8-9,12-13H2,1H3,(H,28,29). The molecule has 1 N–H and O–H groups in total. The normalized spacial score (nSPS) is 19.6. The monoisotopic (exact) mass is 399 g/mol. The molecule has 30 heavy (non-hydrogen) atoms. The Kier molecular flexibility index (Phi) is 5.94. The Labute approximate surface area is 176 Å². The lowest BCUT2D eigenvalue weighted by Gasteiger charge is -2.32. The van der Waals surface area contributed by atoms with Crippen LogP contribution in [0, 0.1) is 23.2 Å². The first-order chi connectivity index (χ1) is 14.6. The van der Waals surface area contributed by atoms with E-state index >= 15 is 0 Å². The Morgan fingerprint density at radius 3 is 2.57 bits per heavy atom. The molecule has 3 aromatic rings. The lowest BCUT2D eigenvalue weighted by Crippen LogP contribution is -2.32. The van der Waals surface area contributed by atoms with Crippen LogP contribution in [0.5, 0.6) is 5.75 Å². The molecule has 0 radical (unpaired) electrons. The number of rotatable bonds is 5. The lowest BCUT2D eigenvalue weighted by molar-refractivity contribution is -0.121. The topological polar surface area (TPSA) is 75.0 Å². The van der Waals surface area contributed by atoms with Crippen LogP contribution in [0.3, 0.4) is 0 Å². The van der Waals surface area contributed by atoms with Gasteiger partial charge in [-0.3, -0.25) is 9.78 Å². The summed E-state index contributed by atoms with van der Waals surface area (Å²) in [7, 11) is 0. The van der Waals surface area contributed by atoms with Gasteiger partial charge in [0.05, 0.1) is 23.3 Å². The number of hydrogen-bond acceptors (Lipinski definition) is 4. The van der Waals surface area contributed by atoms with Gasteiger partial charge in [-0.2, -0.15) is 5.26 Å². The molecule has 0 aliphatic heterocycles. The van der Waals surface area contributed by atoms with Crippen LogP contribution >= 0.6 is 0 Å². The van der Waals surface area contributed by atoms with Gasteiger partial charge in [-0.05, 0) is 74.1 Å². The first-order valence-electron chi connectivity index (χ1n) is 10.5. The van der Waals surface area contributed by atoms with Gasteiger partial charge in [-0.15, -0.1) is 0 Å². The van der Waals surface area contributed by atoms with Crippen molar-refractivity contribution >= 4 is 22.5 Å². The minimum atomic E-state index is -0.0663. The molecule has 1 fully saturated rings. The molecule has 0 saturated heterocycles. The van der Waals surface area contributed by atoms with Gasteiger partial charge < -0.3 is 10.1 Å². The number of anilines is 1. The van der Waals surface area contributed by atoms with E-state index in [1.807, 2.05) is 37.3 Å². The maximum absolute atomic E-state index is 12.7. The number of nitrogens with zero attached hydrogens (tertiary/aromatic N) is 2. The van der Waals surface area contributed by atoms with Crippen molar-refractivity contribution in [2.45, 2.75) is 38.7 Å². The summed E-state index contributed by atoms with van der Waals surface area (Å²) >= 11 is 0. The largest absolute Gasteiger partial charge is 0.490 e. The minimum absolute atomic E-state index is 0.0317. The predicted molar refractivity (Wildman–Crippen MR) is 117 cm³/mol. The Balaban J connectivity index is 1.32. The van der Waals surface area contributed by atoms with E-state index in [-0.39, 0.29) is 17.9 Å². The highest BCUT2D eigenvalue weighted by Crippen LogP contribution is 2.34. The van der Waals surface area contributed by atoms with E-state index in [4.69, 9.17) is 10.00 Å². The average Bonchev–Trinajstić information content (AvgIpc) is 2.80. The molecule has 1 heterocycles. The molecule has 4 rings (SSSR count). The highest BCUT2D eigenvalue weighted by atomic mass is 16.5. The molecule has 1 aromatic heterocycles. The average molecular weight is 399 g/mol. The second kappa shape index (κ2) is 8.96. The van der Waals surface area contributed by atoms with Gasteiger partial charge in [0.15, 0.2) is 0 Å². The summed E-state index contributed by atoms with van der Waals surface area (Å²) in [6.45, 7) is 2.00. The van der Waals surface area contributed by atoms with E-state index < -0.39 is 0 Å². The van der Waals surface area contributed by atoms with E-state index in [9.17, 15) is 4.79 Å². The molecule has 1 aliphatic carbocycles. The molecule has 1 atom stereocenters. The molecule has 5 heteroatoms. The van der Waals surface area contributed by atoms with Crippen LogP contribution in [0.25, 0.3) is 10.9 Å². The molecule has 5 nitrogen and oxygen atoms in total. The Morgan fingerprint density at radius 2 is 1.83 bits per heavy atom. The number of aromatic nitrogens is 1. The van der Waals surface area contributed by atoms with Crippen LogP contribution in [-0.4, -0.2) is 17.0 Å². The molecule has 2 aromatic carbocycles. The second-order valence-corrected chi connectivity index (χ2v) is 7.95. The number of carbonyl (C=O) groups is 1. The third-order valence-corrected chi connectivity index (χ3v) is 6.02. The van der Waals surface area contributed by atoms with Crippen LogP contribution < -0.4 is 10.1 Å². The quantitative estimate of drug-likeness (QED) is 0.630. The van der Waals surface area contributed by atoms with Gasteiger partial charge >= 0.3 is 0 Å². The summed E-state index contributed by atoms with van der Waals surface area (Å²) < 4.78 is 6.31. The fourth-order valence-electron chi connectivity index (χ4n) is 4.16. The molecule has 0 bridgehead atoms. The number of benzene rings is 2. The zero-order valence-electron chi connectivity index (χ0n) is 17.0. The van der Waals surface area contributed by atoms with E-state index in [0.717, 1.165) is 48.0 Å². The number of ether oxygens (including phenoxy) is 1. The zero-order valence-corrected chi connectivity index (χ0v) is 17.0. The number of nitrogens with one attached hydrogen (secondary N) is 1. The first kappa shape index (κ1) is 19.9. The maximum Gasteiger partial charge on any atom is 0.227 e. The van der Waals surface area contributed by atoms with E-state index in [1.54, 1.807) is 30.5 Å². The summed E-state index contributed by atoms with van der Waals surface area (Å²) in [6, 6.07) is 19.0. The van der Waals surface area contributed by atoms with Crippen molar-refractivity contribution in [3.8, 4) is 11.8 Å². The van der Waals surface area contributed by atoms with Crippen LogP contribution in [-0.2, 0) is 4.79 Å². The van der Waals surface area contributed by atoms with Crippen molar-refractivity contribution in [1.29, 1.82) is 5.26 Å². The van der Waals surface area contributed by atoms with Crippen molar-refractivity contribution < 1.29 is 9.53 Å². The third kappa shape index (κ3) is 4.44. The highest BCUT2D eigenvalue weighted by Gasteiger charge is 2.30. The van der Waals surface area contributed by atoms with Crippen molar-refractivity contribution in [3.05, 3.63) is 66.4 Å². The summed E-state index contributed by atoms with van der Waals surface area (Å²) in [4.78, 5) is 17.1. The number of para-hydroxylation sites is 1. The second-order valence-electron chi connectivity index (χ2n) is 7.95. The summed E-state index contributed by atoms with van der Waals surface area (Å²) in [5.41, 5.74) is 2.26.